The minimum atomic E-state index is -0.293. The van der Waals surface area contributed by atoms with Gasteiger partial charge in [-0.05, 0) is 67.6 Å². The van der Waals surface area contributed by atoms with Gasteiger partial charge in [-0.3, -0.25) is 34.1 Å². The van der Waals surface area contributed by atoms with Crippen LogP contribution in [0.3, 0.4) is 0 Å². The van der Waals surface area contributed by atoms with E-state index in [9.17, 15) is 19.2 Å². The van der Waals surface area contributed by atoms with E-state index in [4.69, 9.17) is 16.3 Å². The van der Waals surface area contributed by atoms with Crippen molar-refractivity contribution >= 4 is 52.1 Å². The van der Waals surface area contributed by atoms with Crippen LogP contribution in [0.4, 0.5) is 5.69 Å². The van der Waals surface area contributed by atoms with Crippen molar-refractivity contribution in [1.82, 2.24) is 44.7 Å². The number of aromatic nitrogens is 5. The summed E-state index contributed by atoms with van der Waals surface area (Å²) in [6, 6.07) is 15.0. The number of H-pyrrole nitrogens is 1. The van der Waals surface area contributed by atoms with Crippen LogP contribution in [0, 0.1) is 12.8 Å². The van der Waals surface area contributed by atoms with Crippen LogP contribution < -0.4 is 15.0 Å². The Balaban J connectivity index is 0.794. The topological polar surface area (TPSA) is 162 Å². The van der Waals surface area contributed by atoms with E-state index in [0.717, 1.165) is 42.0 Å². The Bertz CT molecular complexity index is 2320. The Morgan fingerprint density at radius 2 is 1.75 bits per heavy atom. The van der Waals surface area contributed by atoms with Crippen LogP contribution in [-0.4, -0.2) is 122 Å². The summed E-state index contributed by atoms with van der Waals surface area (Å²) in [5.41, 5.74) is 5.25. The van der Waals surface area contributed by atoms with E-state index in [1.54, 1.807) is 28.9 Å². The molecule has 0 spiro atoms. The Labute approximate surface area is 334 Å². The molecule has 57 heavy (non-hydrogen) atoms. The number of hydrogen-bond donors (Lipinski definition) is 2. The van der Waals surface area contributed by atoms with Crippen molar-refractivity contribution in [2.45, 2.75) is 32.1 Å². The van der Waals surface area contributed by atoms with Gasteiger partial charge in [-0.1, -0.05) is 23.7 Å². The van der Waals surface area contributed by atoms with Gasteiger partial charge in [0, 0.05) is 83.8 Å². The second-order valence-electron chi connectivity index (χ2n) is 15.2. The summed E-state index contributed by atoms with van der Waals surface area (Å²) in [5, 5.41) is 7.15. The first-order chi connectivity index (χ1) is 27.5. The molecule has 5 aromatic rings. The molecule has 4 amide bonds. The van der Waals surface area contributed by atoms with Gasteiger partial charge >= 0.3 is 0 Å². The fourth-order valence-electron chi connectivity index (χ4n) is 7.99. The predicted molar refractivity (Wildman–Crippen MR) is 214 cm³/mol. The molecule has 0 bridgehead atoms. The van der Waals surface area contributed by atoms with Crippen molar-refractivity contribution in [1.29, 1.82) is 0 Å². The van der Waals surface area contributed by atoms with Gasteiger partial charge in [0.1, 0.15) is 22.1 Å². The van der Waals surface area contributed by atoms with E-state index in [2.05, 4.69) is 35.2 Å². The highest BCUT2D eigenvalue weighted by Gasteiger charge is 2.30. The Morgan fingerprint density at radius 3 is 2.46 bits per heavy atom. The molecular weight excluding hydrogens is 748 g/mol. The van der Waals surface area contributed by atoms with Gasteiger partial charge in [-0.15, -0.1) is 0 Å². The second kappa shape index (κ2) is 16.0. The normalized spacial score (nSPS) is 18.9. The van der Waals surface area contributed by atoms with Gasteiger partial charge in [-0.25, -0.2) is 9.97 Å². The maximum atomic E-state index is 13.4. The number of hydrogen-bond acceptors (Lipinski definition) is 10. The number of fused-ring (bicyclic) bond motifs is 1. The molecule has 296 valence electrons. The third-order valence-electron chi connectivity index (χ3n) is 11.2. The zero-order valence-electron chi connectivity index (χ0n) is 32.2. The van der Waals surface area contributed by atoms with Gasteiger partial charge in [-0.2, -0.15) is 5.10 Å². The smallest absolute Gasteiger partial charge is 0.253 e. The van der Waals surface area contributed by atoms with Gasteiger partial charge < -0.3 is 24.4 Å². The number of aryl methyl sites for hydroxylation is 2. The fraction of sp³-hybridized carbons (Fsp3) is 0.390. The third kappa shape index (κ3) is 8.21. The van der Waals surface area contributed by atoms with Crippen LogP contribution in [0.2, 0.25) is 5.02 Å². The highest BCUT2D eigenvalue weighted by atomic mass is 35.5. The number of piperazine rings is 1. The van der Waals surface area contributed by atoms with E-state index in [-0.39, 0.29) is 29.5 Å². The Kier molecular flexibility index (Phi) is 10.7. The van der Waals surface area contributed by atoms with E-state index in [1.165, 1.54) is 6.20 Å². The Morgan fingerprint density at radius 1 is 1.00 bits per heavy atom. The molecule has 6 heterocycles. The lowest BCUT2D eigenvalue weighted by atomic mass is 9.90. The Hall–Kier alpha value is -5.80. The number of anilines is 1. The molecule has 3 fully saturated rings. The molecular formula is C41H45ClN10O5. The summed E-state index contributed by atoms with van der Waals surface area (Å²) >= 11 is 6.52. The van der Waals surface area contributed by atoms with Crippen molar-refractivity contribution < 1.29 is 23.9 Å². The first-order valence-electron chi connectivity index (χ1n) is 19.3. The first kappa shape index (κ1) is 38.1. The number of benzene rings is 2. The number of imide groups is 1. The molecule has 2 atom stereocenters. The molecule has 1 unspecified atom stereocenters. The average Bonchev–Trinajstić information content (AvgIpc) is 3.94. The van der Waals surface area contributed by atoms with Crippen molar-refractivity contribution in [3.05, 3.63) is 82.8 Å². The maximum absolute atomic E-state index is 13.4. The van der Waals surface area contributed by atoms with Crippen LogP contribution in [0.5, 0.6) is 11.5 Å². The molecule has 0 radical (unpaired) electrons. The number of rotatable bonds is 10. The summed E-state index contributed by atoms with van der Waals surface area (Å²) in [5.74, 6) is 1.12. The zero-order chi connectivity index (χ0) is 39.8. The number of halogens is 1. The molecule has 3 aliphatic rings. The summed E-state index contributed by atoms with van der Waals surface area (Å²) in [4.78, 5) is 70.9. The lowest BCUT2D eigenvalue weighted by molar-refractivity contribution is -0.134. The highest BCUT2D eigenvalue weighted by Crippen LogP contribution is 2.36. The summed E-state index contributed by atoms with van der Waals surface area (Å²) < 4.78 is 7.93. The SMILES string of the molecule is Cc1nn(C)cc1-c1nc2ncc(Cl)c(Oc3ccc(C(=O)N4CCN(CC(=O)N(C)CC5CCN(c6ccc([C@@H]7CCC(=O)NC7=O)cc6)C5)CC4)cc3)c2[nH]1. The summed E-state index contributed by atoms with van der Waals surface area (Å²) in [7, 11) is 3.72. The zero-order valence-corrected chi connectivity index (χ0v) is 33.0. The minimum absolute atomic E-state index is 0.0718. The largest absolute Gasteiger partial charge is 0.453 e. The van der Waals surface area contributed by atoms with E-state index < -0.39 is 0 Å². The first-order valence-corrected chi connectivity index (χ1v) is 19.6. The molecule has 3 aromatic heterocycles. The number of aromatic amines is 1. The number of amides is 4. The molecule has 0 aliphatic carbocycles. The molecule has 8 rings (SSSR count). The van der Waals surface area contributed by atoms with Crippen LogP contribution >= 0.6 is 11.6 Å². The van der Waals surface area contributed by atoms with Crippen molar-refractivity contribution in [2.75, 3.05) is 64.3 Å². The van der Waals surface area contributed by atoms with Gasteiger partial charge in [0.05, 0.1) is 29.9 Å². The molecule has 2 aromatic carbocycles. The maximum Gasteiger partial charge on any atom is 0.253 e. The quantitative estimate of drug-likeness (QED) is 0.194. The molecule has 0 saturated carbocycles. The number of carbonyl (C=O) groups excluding carboxylic acids is 4. The minimum Gasteiger partial charge on any atom is -0.453 e. The number of pyridine rings is 1. The average molecular weight is 793 g/mol. The molecule has 3 aliphatic heterocycles. The molecule has 2 N–H and O–H groups in total. The van der Waals surface area contributed by atoms with E-state index >= 15 is 0 Å². The number of ether oxygens (including phenoxy) is 1. The van der Waals surface area contributed by atoms with Crippen LogP contribution in [-0.2, 0) is 21.4 Å². The van der Waals surface area contributed by atoms with Crippen molar-refractivity contribution in [3.63, 3.8) is 0 Å². The van der Waals surface area contributed by atoms with Gasteiger partial charge in [0.15, 0.2) is 11.4 Å². The highest BCUT2D eigenvalue weighted by molar-refractivity contribution is 6.32. The molecule has 16 heteroatoms. The summed E-state index contributed by atoms with van der Waals surface area (Å²) in [6.07, 6.45) is 5.26. The van der Waals surface area contributed by atoms with Crippen LogP contribution in [0.1, 0.15) is 46.8 Å². The van der Waals surface area contributed by atoms with Gasteiger partial charge in [0.2, 0.25) is 17.7 Å². The van der Waals surface area contributed by atoms with Crippen molar-refractivity contribution in [2.24, 2.45) is 13.0 Å². The number of carbonyl (C=O) groups is 4. The monoisotopic (exact) mass is 792 g/mol. The third-order valence-corrected chi connectivity index (χ3v) is 11.4. The predicted octanol–water partition coefficient (Wildman–Crippen LogP) is 4.38. The number of nitrogens with zero attached hydrogens (tertiary/aromatic N) is 8. The van der Waals surface area contributed by atoms with Crippen LogP contribution in [0.25, 0.3) is 22.6 Å². The second-order valence-corrected chi connectivity index (χ2v) is 15.6. The molecule has 3 saturated heterocycles. The standard InChI is InChI=1S/C41H45ClN10O5/c1-25-32(23-49(3)47-25)38-45-36-37(33(42)20-43-39(36)46-38)57-30-10-6-28(7-11-30)41(56)51-18-16-50(17-19-51)24-35(54)48(2)21-26-14-15-52(22-26)29-8-4-27(5-9-29)31-12-13-34(53)44-40(31)55/h4-11,20,23,26,31H,12-19,21-22,24H2,1-3H3,(H,43,45,46)(H,44,53,55)/t26?,31-/m0/s1. The van der Waals surface area contributed by atoms with E-state index in [1.807, 2.05) is 61.3 Å². The lowest BCUT2D eigenvalue weighted by Crippen LogP contribution is -2.51. The van der Waals surface area contributed by atoms with Gasteiger partial charge in [0.25, 0.3) is 5.91 Å². The summed E-state index contributed by atoms with van der Waals surface area (Å²) in [6.45, 7) is 6.92. The van der Waals surface area contributed by atoms with Crippen LogP contribution in [0.15, 0.2) is 60.9 Å². The number of nitrogens with one attached hydrogen (secondary N) is 2. The van der Waals surface area contributed by atoms with E-state index in [0.29, 0.717) is 97.1 Å². The fourth-order valence-corrected chi connectivity index (χ4v) is 8.17. The lowest BCUT2D eigenvalue weighted by Gasteiger charge is -2.35. The number of piperidine rings is 1. The number of imidazole rings is 1. The number of likely N-dealkylation sites (N-methyl/N-ethyl adjacent to an activating group) is 1. The molecule has 15 nitrogen and oxygen atoms in total. The van der Waals surface area contributed by atoms with Crippen molar-refractivity contribution in [3.8, 4) is 22.9 Å².